The fraction of sp³-hybridized carbons (Fsp3) is 0.278. The third-order valence-corrected chi connectivity index (χ3v) is 3.78. The quantitative estimate of drug-likeness (QED) is 0.574. The fourth-order valence-corrected chi connectivity index (χ4v) is 2.42. The van der Waals surface area contributed by atoms with Crippen molar-refractivity contribution in [3.63, 3.8) is 0 Å². The van der Waals surface area contributed by atoms with Crippen molar-refractivity contribution in [3.8, 4) is 11.5 Å². The summed E-state index contributed by atoms with van der Waals surface area (Å²) in [4.78, 5) is 28.1. The van der Waals surface area contributed by atoms with Crippen LogP contribution in [-0.2, 0) is 17.8 Å². The second-order valence-corrected chi connectivity index (χ2v) is 5.94. The van der Waals surface area contributed by atoms with Gasteiger partial charge in [0.1, 0.15) is 5.76 Å². The third-order valence-electron chi connectivity index (χ3n) is 3.78. The van der Waals surface area contributed by atoms with Crippen LogP contribution in [-0.4, -0.2) is 41.3 Å². The molecule has 11 heteroatoms. The second kappa shape index (κ2) is 8.87. The van der Waals surface area contributed by atoms with Gasteiger partial charge in [-0.15, -0.1) is 0 Å². The van der Waals surface area contributed by atoms with Gasteiger partial charge in [-0.1, -0.05) is 16.4 Å². The Kier molecular flexibility index (Phi) is 6.07. The highest BCUT2D eigenvalue weighted by Gasteiger charge is 2.17. The third kappa shape index (κ3) is 5.09. The molecule has 0 bridgehead atoms. The van der Waals surface area contributed by atoms with Crippen molar-refractivity contribution >= 4 is 17.6 Å². The van der Waals surface area contributed by atoms with Gasteiger partial charge < -0.3 is 29.2 Å². The van der Waals surface area contributed by atoms with Gasteiger partial charge in [0.15, 0.2) is 23.1 Å². The van der Waals surface area contributed by atoms with Crippen molar-refractivity contribution in [2.45, 2.75) is 19.9 Å². The van der Waals surface area contributed by atoms with E-state index in [9.17, 15) is 9.59 Å². The molecule has 1 aromatic carbocycles. The molecule has 29 heavy (non-hydrogen) atoms. The van der Waals surface area contributed by atoms with Crippen molar-refractivity contribution in [1.82, 2.24) is 20.6 Å². The molecule has 152 valence electrons. The first-order valence-corrected chi connectivity index (χ1v) is 8.53. The molecular weight excluding hydrogens is 382 g/mol. The van der Waals surface area contributed by atoms with E-state index in [0.717, 1.165) is 5.56 Å². The van der Waals surface area contributed by atoms with E-state index in [1.807, 2.05) is 0 Å². The number of amides is 2. The molecule has 0 saturated heterocycles. The fourth-order valence-electron chi connectivity index (χ4n) is 2.42. The lowest BCUT2D eigenvalue weighted by molar-refractivity contribution is -0.115. The van der Waals surface area contributed by atoms with Gasteiger partial charge in [0.25, 0.3) is 0 Å². The van der Waals surface area contributed by atoms with Crippen LogP contribution in [0.4, 0.5) is 5.82 Å². The average molecular weight is 401 g/mol. The lowest BCUT2D eigenvalue weighted by Crippen LogP contribution is -2.23. The maximum absolute atomic E-state index is 12.2. The van der Waals surface area contributed by atoms with Crippen molar-refractivity contribution in [2.24, 2.45) is 0 Å². The van der Waals surface area contributed by atoms with Crippen LogP contribution < -0.4 is 20.1 Å². The molecule has 2 amide bonds. The largest absolute Gasteiger partial charge is 0.493 e. The molecule has 0 spiro atoms. The molecule has 0 aliphatic heterocycles. The van der Waals surface area contributed by atoms with Gasteiger partial charge >= 0.3 is 11.8 Å². The summed E-state index contributed by atoms with van der Waals surface area (Å²) in [5.74, 6) is 0.819. The zero-order valence-corrected chi connectivity index (χ0v) is 16.0. The average Bonchev–Trinajstić information content (AvgIpc) is 3.34. The number of hydrogen-bond donors (Lipinski definition) is 2. The summed E-state index contributed by atoms with van der Waals surface area (Å²) in [5, 5.41) is 12.5. The minimum Gasteiger partial charge on any atom is -0.493 e. The molecule has 0 atom stereocenters. The first-order valence-electron chi connectivity index (χ1n) is 8.53. The van der Waals surface area contributed by atoms with E-state index in [0.29, 0.717) is 17.3 Å². The number of methoxy groups -OCH3 is 2. The molecule has 0 radical (unpaired) electrons. The highest BCUT2D eigenvalue weighted by molar-refractivity contribution is 5.91. The standard InChI is InChI=1S/C18H19N5O6/c1-10-6-14(22-28-10)20-16(24)8-15-21-18(29-23-15)17(25)19-9-11-4-5-12(26-2)13(7-11)27-3/h4-7H,8-9H2,1-3H3,(H,19,25)(H,20,22,24). The lowest BCUT2D eigenvalue weighted by Gasteiger charge is -2.09. The predicted molar refractivity (Wildman–Crippen MR) is 98.6 cm³/mol. The summed E-state index contributed by atoms with van der Waals surface area (Å²) < 4.78 is 20.2. The highest BCUT2D eigenvalue weighted by atomic mass is 16.5. The van der Waals surface area contributed by atoms with Gasteiger partial charge in [-0.05, 0) is 24.6 Å². The summed E-state index contributed by atoms with van der Waals surface area (Å²) in [5.41, 5.74) is 0.790. The van der Waals surface area contributed by atoms with Crippen LogP contribution in [0, 0.1) is 6.92 Å². The molecule has 0 unspecified atom stereocenters. The molecule has 0 aliphatic rings. The Hall–Kier alpha value is -3.89. The molecule has 0 aliphatic carbocycles. The smallest absolute Gasteiger partial charge is 0.315 e. The van der Waals surface area contributed by atoms with Crippen LogP contribution in [0.25, 0.3) is 0 Å². The van der Waals surface area contributed by atoms with Crippen LogP contribution in [0.3, 0.4) is 0 Å². The number of nitrogens with one attached hydrogen (secondary N) is 2. The Morgan fingerprint density at radius 3 is 2.55 bits per heavy atom. The van der Waals surface area contributed by atoms with Crippen molar-refractivity contribution in [3.05, 3.63) is 47.3 Å². The molecule has 0 saturated carbocycles. The maximum atomic E-state index is 12.2. The minimum atomic E-state index is -0.564. The van der Waals surface area contributed by atoms with E-state index < -0.39 is 11.8 Å². The van der Waals surface area contributed by atoms with Crippen LogP contribution in [0.15, 0.2) is 33.3 Å². The first-order chi connectivity index (χ1) is 14.0. The Morgan fingerprint density at radius 2 is 1.86 bits per heavy atom. The van der Waals surface area contributed by atoms with Gasteiger partial charge in [-0.25, -0.2) is 0 Å². The van der Waals surface area contributed by atoms with Gasteiger partial charge in [0.2, 0.25) is 5.91 Å². The summed E-state index contributed by atoms with van der Waals surface area (Å²) in [6, 6.07) is 6.84. The molecule has 2 aromatic heterocycles. The Balaban J connectivity index is 1.54. The number of rotatable bonds is 8. The molecule has 0 fully saturated rings. The van der Waals surface area contributed by atoms with Crippen molar-refractivity contribution < 1.29 is 28.1 Å². The predicted octanol–water partition coefficient (Wildman–Crippen LogP) is 1.49. The van der Waals surface area contributed by atoms with Crippen LogP contribution in [0.2, 0.25) is 0 Å². The SMILES string of the molecule is COc1ccc(CNC(=O)c2nc(CC(=O)Nc3cc(C)on3)no2)cc1OC. The Labute approximate surface area is 165 Å². The number of hydrogen-bond acceptors (Lipinski definition) is 9. The molecule has 2 N–H and O–H groups in total. The zero-order valence-electron chi connectivity index (χ0n) is 16.0. The van der Waals surface area contributed by atoms with Crippen LogP contribution >= 0.6 is 0 Å². The number of aryl methyl sites for hydroxylation is 1. The van der Waals surface area contributed by atoms with Crippen molar-refractivity contribution in [1.29, 1.82) is 0 Å². The van der Waals surface area contributed by atoms with Crippen LogP contribution in [0.5, 0.6) is 11.5 Å². The molecule has 11 nitrogen and oxygen atoms in total. The second-order valence-electron chi connectivity index (χ2n) is 5.94. The highest BCUT2D eigenvalue weighted by Crippen LogP contribution is 2.27. The number of benzene rings is 1. The molecule has 3 rings (SSSR count). The summed E-state index contributed by atoms with van der Waals surface area (Å²) in [7, 11) is 3.07. The van der Waals surface area contributed by atoms with E-state index in [1.54, 1.807) is 38.3 Å². The summed E-state index contributed by atoms with van der Waals surface area (Å²) in [6.45, 7) is 1.91. The first kappa shape index (κ1) is 19.9. The lowest BCUT2D eigenvalue weighted by atomic mass is 10.2. The van der Waals surface area contributed by atoms with Gasteiger partial charge in [-0.3, -0.25) is 9.59 Å². The number of nitrogens with zero attached hydrogens (tertiary/aromatic N) is 3. The molecular formula is C18H19N5O6. The zero-order chi connectivity index (χ0) is 20.8. The van der Waals surface area contributed by atoms with E-state index >= 15 is 0 Å². The number of carbonyl (C=O) groups is 2. The Morgan fingerprint density at radius 1 is 1.07 bits per heavy atom. The van der Waals surface area contributed by atoms with E-state index in [-0.39, 0.29) is 30.5 Å². The number of ether oxygens (including phenoxy) is 2. The monoisotopic (exact) mass is 401 g/mol. The number of aromatic nitrogens is 3. The number of anilines is 1. The van der Waals surface area contributed by atoms with E-state index in [2.05, 4.69) is 25.9 Å². The van der Waals surface area contributed by atoms with Gasteiger partial charge in [0.05, 0.1) is 20.6 Å². The summed E-state index contributed by atoms with van der Waals surface area (Å²) >= 11 is 0. The topological polar surface area (TPSA) is 142 Å². The normalized spacial score (nSPS) is 10.4. The van der Waals surface area contributed by atoms with E-state index in [1.165, 1.54) is 7.11 Å². The van der Waals surface area contributed by atoms with Crippen molar-refractivity contribution in [2.75, 3.05) is 19.5 Å². The van der Waals surface area contributed by atoms with Crippen LogP contribution in [0.1, 0.15) is 27.8 Å². The van der Waals surface area contributed by atoms with E-state index in [4.69, 9.17) is 18.5 Å². The number of carbonyl (C=O) groups excluding carboxylic acids is 2. The van der Waals surface area contributed by atoms with Gasteiger partial charge in [-0.2, -0.15) is 4.98 Å². The minimum absolute atomic E-state index is 0.0685. The van der Waals surface area contributed by atoms with Gasteiger partial charge in [0, 0.05) is 12.6 Å². The Bertz CT molecular complexity index is 1010. The maximum Gasteiger partial charge on any atom is 0.315 e. The molecule has 2 heterocycles. The molecule has 3 aromatic rings. The summed E-state index contributed by atoms with van der Waals surface area (Å²) in [6.07, 6.45) is -0.182.